The lowest BCUT2D eigenvalue weighted by atomic mass is 10.1. The van der Waals surface area contributed by atoms with Crippen LogP contribution in [0, 0.1) is 10.1 Å². The summed E-state index contributed by atoms with van der Waals surface area (Å²) in [5, 5.41) is 10.9. The number of pyridine rings is 1. The maximum atomic E-state index is 10.9. The molecule has 7 heteroatoms. The van der Waals surface area contributed by atoms with E-state index in [0.717, 1.165) is 18.5 Å². The molecule has 0 unspecified atom stereocenters. The SMILES string of the molecule is CCCc1nc(N)nc2ccc(-c3cccc([N+](=O)[O-])c3)nc12. The fourth-order valence-electron chi connectivity index (χ4n) is 2.44. The lowest BCUT2D eigenvalue weighted by molar-refractivity contribution is -0.384. The van der Waals surface area contributed by atoms with Crippen molar-refractivity contribution in [3.05, 3.63) is 52.2 Å². The number of nitro benzene ring substituents is 1. The van der Waals surface area contributed by atoms with E-state index in [9.17, 15) is 10.1 Å². The molecule has 23 heavy (non-hydrogen) atoms. The first-order chi connectivity index (χ1) is 11.1. The van der Waals surface area contributed by atoms with Crippen LogP contribution in [0.2, 0.25) is 0 Å². The molecule has 3 aromatic rings. The van der Waals surface area contributed by atoms with Crippen LogP contribution in [-0.2, 0) is 6.42 Å². The molecule has 0 amide bonds. The van der Waals surface area contributed by atoms with Crippen LogP contribution in [-0.4, -0.2) is 19.9 Å². The Morgan fingerprint density at radius 3 is 2.74 bits per heavy atom. The maximum Gasteiger partial charge on any atom is 0.270 e. The molecule has 1 aromatic carbocycles. The van der Waals surface area contributed by atoms with E-state index < -0.39 is 4.92 Å². The molecule has 0 saturated carbocycles. The Morgan fingerprint density at radius 1 is 1.17 bits per heavy atom. The normalized spacial score (nSPS) is 10.8. The third-order valence-corrected chi connectivity index (χ3v) is 3.47. The predicted octanol–water partition coefficient (Wildman–Crippen LogP) is 3.13. The van der Waals surface area contributed by atoms with Gasteiger partial charge < -0.3 is 5.73 Å². The van der Waals surface area contributed by atoms with Gasteiger partial charge in [0.1, 0.15) is 5.52 Å². The summed E-state index contributed by atoms with van der Waals surface area (Å²) in [7, 11) is 0. The van der Waals surface area contributed by atoms with Crippen LogP contribution in [0.4, 0.5) is 11.6 Å². The Kier molecular flexibility index (Phi) is 3.84. The van der Waals surface area contributed by atoms with E-state index in [0.29, 0.717) is 22.3 Å². The van der Waals surface area contributed by atoms with Crippen LogP contribution < -0.4 is 5.73 Å². The number of fused-ring (bicyclic) bond motifs is 1. The van der Waals surface area contributed by atoms with Gasteiger partial charge in [-0.05, 0) is 18.6 Å². The number of rotatable bonds is 4. The van der Waals surface area contributed by atoms with Gasteiger partial charge in [0.2, 0.25) is 5.95 Å². The van der Waals surface area contributed by atoms with Crippen molar-refractivity contribution in [3.63, 3.8) is 0 Å². The molecule has 0 aliphatic carbocycles. The average Bonchev–Trinajstić information content (AvgIpc) is 2.55. The summed E-state index contributed by atoms with van der Waals surface area (Å²) in [6.07, 6.45) is 1.66. The topological polar surface area (TPSA) is 108 Å². The number of aryl methyl sites for hydroxylation is 1. The number of non-ortho nitro benzene ring substituents is 1. The zero-order valence-corrected chi connectivity index (χ0v) is 12.6. The number of nitro groups is 1. The van der Waals surface area contributed by atoms with E-state index in [-0.39, 0.29) is 11.6 Å². The summed E-state index contributed by atoms with van der Waals surface area (Å²) in [5.41, 5.74) is 9.25. The monoisotopic (exact) mass is 309 g/mol. The molecule has 7 nitrogen and oxygen atoms in total. The van der Waals surface area contributed by atoms with E-state index in [1.165, 1.54) is 12.1 Å². The van der Waals surface area contributed by atoms with Gasteiger partial charge in [-0.15, -0.1) is 0 Å². The van der Waals surface area contributed by atoms with Crippen LogP contribution in [0.15, 0.2) is 36.4 Å². The molecular weight excluding hydrogens is 294 g/mol. The van der Waals surface area contributed by atoms with Crippen LogP contribution in [0.25, 0.3) is 22.3 Å². The summed E-state index contributed by atoms with van der Waals surface area (Å²) in [6.45, 7) is 2.05. The Morgan fingerprint density at radius 2 is 2.00 bits per heavy atom. The number of nitrogen functional groups attached to an aromatic ring is 1. The summed E-state index contributed by atoms with van der Waals surface area (Å²) in [4.78, 5) is 23.6. The minimum Gasteiger partial charge on any atom is -0.368 e. The molecule has 0 aliphatic heterocycles. The highest BCUT2D eigenvalue weighted by molar-refractivity contribution is 5.81. The second kappa shape index (κ2) is 5.96. The fraction of sp³-hybridized carbons (Fsp3) is 0.188. The number of benzene rings is 1. The second-order valence-corrected chi connectivity index (χ2v) is 5.15. The van der Waals surface area contributed by atoms with Gasteiger partial charge in [-0.1, -0.05) is 25.5 Å². The molecule has 3 rings (SSSR count). The summed E-state index contributed by atoms with van der Waals surface area (Å²) >= 11 is 0. The van der Waals surface area contributed by atoms with E-state index >= 15 is 0 Å². The van der Waals surface area contributed by atoms with Crippen molar-refractivity contribution in [1.82, 2.24) is 15.0 Å². The molecule has 2 aromatic heterocycles. The smallest absolute Gasteiger partial charge is 0.270 e. The number of hydrogen-bond donors (Lipinski definition) is 1. The van der Waals surface area contributed by atoms with Crippen LogP contribution in [0.1, 0.15) is 19.0 Å². The van der Waals surface area contributed by atoms with Gasteiger partial charge in [0, 0.05) is 17.7 Å². The van der Waals surface area contributed by atoms with E-state index in [1.54, 1.807) is 18.2 Å². The highest BCUT2D eigenvalue weighted by atomic mass is 16.6. The lowest BCUT2D eigenvalue weighted by Gasteiger charge is -2.07. The third-order valence-electron chi connectivity index (χ3n) is 3.47. The van der Waals surface area contributed by atoms with Crippen molar-refractivity contribution in [2.45, 2.75) is 19.8 Å². The van der Waals surface area contributed by atoms with Gasteiger partial charge in [0.25, 0.3) is 5.69 Å². The van der Waals surface area contributed by atoms with E-state index in [4.69, 9.17) is 5.73 Å². The standard InChI is InChI=1S/C16H15N5O2/c1-2-4-13-15-14(20-16(17)19-13)8-7-12(18-15)10-5-3-6-11(9-10)21(22)23/h3,5-9H,2,4H2,1H3,(H2,17,19,20). The zero-order chi connectivity index (χ0) is 16.4. The number of anilines is 1. The molecule has 0 aliphatic rings. The van der Waals surface area contributed by atoms with Gasteiger partial charge in [0.15, 0.2) is 0 Å². The minimum absolute atomic E-state index is 0.0340. The first-order valence-electron chi connectivity index (χ1n) is 7.26. The number of hydrogen-bond acceptors (Lipinski definition) is 6. The Bertz CT molecular complexity index is 895. The summed E-state index contributed by atoms with van der Waals surface area (Å²) in [5.74, 6) is 0.228. The first-order valence-corrected chi connectivity index (χ1v) is 7.26. The molecule has 0 saturated heterocycles. The average molecular weight is 309 g/mol. The highest BCUT2D eigenvalue weighted by Gasteiger charge is 2.11. The fourth-order valence-corrected chi connectivity index (χ4v) is 2.44. The molecule has 0 atom stereocenters. The summed E-state index contributed by atoms with van der Waals surface area (Å²) < 4.78 is 0. The molecule has 0 bridgehead atoms. The van der Waals surface area contributed by atoms with Crippen molar-refractivity contribution in [2.75, 3.05) is 5.73 Å². The third kappa shape index (κ3) is 2.94. The Hall–Kier alpha value is -3.09. The largest absolute Gasteiger partial charge is 0.368 e. The first kappa shape index (κ1) is 14.8. The minimum atomic E-state index is -0.420. The number of nitrogens with zero attached hydrogens (tertiary/aromatic N) is 4. The number of aromatic nitrogens is 3. The van der Waals surface area contributed by atoms with Crippen molar-refractivity contribution in [1.29, 1.82) is 0 Å². The van der Waals surface area contributed by atoms with Gasteiger partial charge in [0.05, 0.1) is 21.8 Å². The predicted molar refractivity (Wildman–Crippen MR) is 87.8 cm³/mol. The lowest BCUT2D eigenvalue weighted by Crippen LogP contribution is -2.02. The van der Waals surface area contributed by atoms with Gasteiger partial charge in [-0.2, -0.15) is 0 Å². The quantitative estimate of drug-likeness (QED) is 0.586. The van der Waals surface area contributed by atoms with Crippen LogP contribution in [0.3, 0.4) is 0 Å². The molecule has 0 radical (unpaired) electrons. The van der Waals surface area contributed by atoms with Crippen molar-refractivity contribution < 1.29 is 4.92 Å². The maximum absolute atomic E-state index is 10.9. The zero-order valence-electron chi connectivity index (χ0n) is 12.6. The molecule has 0 fully saturated rings. The van der Waals surface area contributed by atoms with Crippen molar-refractivity contribution in [3.8, 4) is 11.3 Å². The molecule has 2 N–H and O–H groups in total. The number of nitrogens with two attached hydrogens (primary N) is 1. The Labute approximate surface area is 132 Å². The molecule has 116 valence electrons. The Balaban J connectivity index is 2.16. The van der Waals surface area contributed by atoms with Crippen molar-refractivity contribution >= 4 is 22.7 Å². The van der Waals surface area contributed by atoms with Crippen molar-refractivity contribution in [2.24, 2.45) is 0 Å². The van der Waals surface area contributed by atoms with E-state index in [2.05, 4.69) is 21.9 Å². The molecular formula is C16H15N5O2. The van der Waals surface area contributed by atoms with Gasteiger partial charge in [-0.25, -0.2) is 15.0 Å². The summed E-state index contributed by atoms with van der Waals surface area (Å²) in [6, 6.07) is 9.99. The molecule has 0 spiro atoms. The highest BCUT2D eigenvalue weighted by Crippen LogP contribution is 2.25. The van der Waals surface area contributed by atoms with Crippen LogP contribution >= 0.6 is 0 Å². The molecule has 2 heterocycles. The van der Waals surface area contributed by atoms with Gasteiger partial charge in [-0.3, -0.25) is 10.1 Å². The second-order valence-electron chi connectivity index (χ2n) is 5.15. The van der Waals surface area contributed by atoms with Gasteiger partial charge >= 0.3 is 0 Å². The van der Waals surface area contributed by atoms with Crippen LogP contribution in [0.5, 0.6) is 0 Å². The van der Waals surface area contributed by atoms with E-state index in [1.807, 2.05) is 6.07 Å².